The Morgan fingerprint density at radius 3 is 2.87 bits per heavy atom. The van der Waals surface area contributed by atoms with Crippen molar-refractivity contribution in [2.24, 2.45) is 5.41 Å². The molecule has 1 aromatic heterocycles. The Labute approximate surface area is 97.3 Å². The van der Waals surface area contributed by atoms with Gasteiger partial charge in [0.1, 0.15) is 12.1 Å². The Morgan fingerprint density at radius 1 is 1.53 bits per heavy atom. The van der Waals surface area contributed by atoms with E-state index in [9.17, 15) is 5.11 Å². The molecule has 0 saturated heterocycles. The molecule has 1 aliphatic rings. The molecular weight excluding hydrogens is 258 g/mol. The largest absolute Gasteiger partial charge is 0.396 e. The molecule has 0 bridgehead atoms. The fraction of sp³-hybridized carbons (Fsp3) is 0.600. The van der Waals surface area contributed by atoms with Crippen LogP contribution in [-0.2, 0) is 0 Å². The lowest BCUT2D eigenvalue weighted by molar-refractivity contribution is 0.0575. The summed E-state index contributed by atoms with van der Waals surface area (Å²) in [6.07, 6.45) is 6.63. The van der Waals surface area contributed by atoms with Crippen molar-refractivity contribution in [3.63, 3.8) is 0 Å². The monoisotopic (exact) mass is 271 g/mol. The van der Waals surface area contributed by atoms with E-state index in [4.69, 9.17) is 0 Å². The SMILES string of the molecule is OCC1(CNc2ncncc2Br)CCC1. The highest BCUT2D eigenvalue weighted by Crippen LogP contribution is 2.40. The molecule has 2 rings (SSSR count). The number of halogens is 1. The number of aliphatic hydroxyl groups is 1. The summed E-state index contributed by atoms with van der Waals surface area (Å²) < 4.78 is 0.859. The Balaban J connectivity index is 1.95. The molecule has 1 aromatic rings. The predicted molar refractivity (Wildman–Crippen MR) is 61.6 cm³/mol. The van der Waals surface area contributed by atoms with Gasteiger partial charge in [0.15, 0.2) is 0 Å². The number of hydrogen-bond donors (Lipinski definition) is 2. The van der Waals surface area contributed by atoms with Gasteiger partial charge in [-0.1, -0.05) is 6.42 Å². The van der Waals surface area contributed by atoms with Crippen molar-refractivity contribution < 1.29 is 5.11 Å². The number of rotatable bonds is 4. The van der Waals surface area contributed by atoms with Crippen LogP contribution >= 0.6 is 15.9 Å². The fourth-order valence-corrected chi connectivity index (χ4v) is 2.14. The maximum absolute atomic E-state index is 9.30. The van der Waals surface area contributed by atoms with E-state index >= 15 is 0 Å². The summed E-state index contributed by atoms with van der Waals surface area (Å²) in [4.78, 5) is 8.02. The summed E-state index contributed by atoms with van der Waals surface area (Å²) in [5, 5.41) is 12.5. The summed E-state index contributed by atoms with van der Waals surface area (Å²) in [6.45, 7) is 1.03. The second-order valence-corrected chi connectivity index (χ2v) is 4.94. The first-order valence-corrected chi connectivity index (χ1v) is 5.85. The Bertz CT molecular complexity index is 336. The Morgan fingerprint density at radius 2 is 2.33 bits per heavy atom. The van der Waals surface area contributed by atoms with E-state index in [1.54, 1.807) is 6.20 Å². The zero-order valence-electron chi connectivity index (χ0n) is 8.41. The minimum Gasteiger partial charge on any atom is -0.396 e. The van der Waals surface area contributed by atoms with Gasteiger partial charge in [-0.3, -0.25) is 0 Å². The summed E-state index contributed by atoms with van der Waals surface area (Å²) in [5.74, 6) is 0.796. The standard InChI is InChI=1S/C10H14BrN3O/c11-8-4-12-7-14-9(8)13-5-10(6-15)2-1-3-10/h4,7,15H,1-3,5-6H2,(H,12,13,14). The van der Waals surface area contributed by atoms with Gasteiger partial charge in [0, 0.05) is 18.2 Å². The number of nitrogens with one attached hydrogen (secondary N) is 1. The van der Waals surface area contributed by atoms with Gasteiger partial charge in [0.2, 0.25) is 0 Å². The molecule has 0 aliphatic heterocycles. The van der Waals surface area contributed by atoms with E-state index in [0.29, 0.717) is 0 Å². The van der Waals surface area contributed by atoms with E-state index in [-0.39, 0.29) is 12.0 Å². The van der Waals surface area contributed by atoms with Crippen molar-refractivity contribution in [3.05, 3.63) is 17.0 Å². The molecule has 15 heavy (non-hydrogen) atoms. The van der Waals surface area contributed by atoms with Gasteiger partial charge in [-0.2, -0.15) is 0 Å². The van der Waals surface area contributed by atoms with Crippen molar-refractivity contribution in [2.45, 2.75) is 19.3 Å². The topological polar surface area (TPSA) is 58.0 Å². The number of anilines is 1. The molecule has 1 heterocycles. The second-order valence-electron chi connectivity index (χ2n) is 4.08. The highest BCUT2D eigenvalue weighted by atomic mass is 79.9. The molecule has 82 valence electrons. The van der Waals surface area contributed by atoms with Crippen LogP contribution in [0.25, 0.3) is 0 Å². The van der Waals surface area contributed by atoms with Gasteiger partial charge in [-0.25, -0.2) is 9.97 Å². The predicted octanol–water partition coefficient (Wildman–Crippen LogP) is 1.81. The van der Waals surface area contributed by atoms with Crippen molar-refractivity contribution in [1.82, 2.24) is 9.97 Å². The fourth-order valence-electron chi connectivity index (χ4n) is 1.78. The summed E-state index contributed by atoms with van der Waals surface area (Å²) in [5.41, 5.74) is 0.0738. The van der Waals surface area contributed by atoms with Crippen molar-refractivity contribution >= 4 is 21.7 Å². The Kier molecular flexibility index (Phi) is 3.21. The zero-order valence-corrected chi connectivity index (χ0v) is 10.00. The van der Waals surface area contributed by atoms with Crippen LogP contribution < -0.4 is 5.32 Å². The molecule has 5 heteroatoms. The number of aromatic nitrogens is 2. The van der Waals surface area contributed by atoms with Crippen LogP contribution in [0.5, 0.6) is 0 Å². The average Bonchev–Trinajstić information content (AvgIpc) is 2.19. The molecule has 0 atom stereocenters. The van der Waals surface area contributed by atoms with E-state index in [2.05, 4.69) is 31.2 Å². The minimum atomic E-state index is 0.0738. The van der Waals surface area contributed by atoms with Gasteiger partial charge in [-0.05, 0) is 28.8 Å². The lowest BCUT2D eigenvalue weighted by atomic mass is 9.69. The van der Waals surface area contributed by atoms with Crippen LogP contribution in [-0.4, -0.2) is 28.2 Å². The smallest absolute Gasteiger partial charge is 0.143 e. The van der Waals surface area contributed by atoms with E-state index in [1.807, 2.05) is 0 Å². The first-order chi connectivity index (χ1) is 7.26. The number of aliphatic hydroxyl groups excluding tert-OH is 1. The second kappa shape index (κ2) is 4.45. The van der Waals surface area contributed by atoms with Crippen LogP contribution in [0, 0.1) is 5.41 Å². The van der Waals surface area contributed by atoms with E-state index in [0.717, 1.165) is 29.7 Å². The first-order valence-electron chi connectivity index (χ1n) is 5.06. The molecule has 4 nitrogen and oxygen atoms in total. The highest BCUT2D eigenvalue weighted by molar-refractivity contribution is 9.10. The third kappa shape index (κ3) is 2.29. The van der Waals surface area contributed by atoms with Crippen LogP contribution in [0.3, 0.4) is 0 Å². The third-order valence-corrected chi connectivity index (χ3v) is 3.63. The van der Waals surface area contributed by atoms with E-state index in [1.165, 1.54) is 12.7 Å². The molecule has 1 fully saturated rings. The Hall–Kier alpha value is -0.680. The molecule has 1 saturated carbocycles. The zero-order chi connectivity index (χ0) is 10.7. The maximum atomic E-state index is 9.30. The normalized spacial score (nSPS) is 18.3. The maximum Gasteiger partial charge on any atom is 0.143 e. The number of nitrogens with zero attached hydrogens (tertiary/aromatic N) is 2. The van der Waals surface area contributed by atoms with Gasteiger partial charge >= 0.3 is 0 Å². The van der Waals surface area contributed by atoms with Gasteiger partial charge in [0.05, 0.1) is 11.1 Å². The first kappa shape index (κ1) is 10.8. The average molecular weight is 272 g/mol. The number of hydrogen-bond acceptors (Lipinski definition) is 4. The molecule has 1 aliphatic carbocycles. The quantitative estimate of drug-likeness (QED) is 0.877. The molecular formula is C10H14BrN3O. The molecule has 0 spiro atoms. The van der Waals surface area contributed by atoms with Gasteiger partial charge in [-0.15, -0.1) is 0 Å². The van der Waals surface area contributed by atoms with Crippen molar-refractivity contribution in [3.8, 4) is 0 Å². The summed E-state index contributed by atoms with van der Waals surface area (Å²) in [6, 6.07) is 0. The summed E-state index contributed by atoms with van der Waals surface area (Å²) >= 11 is 3.38. The van der Waals surface area contributed by atoms with Crippen molar-refractivity contribution in [1.29, 1.82) is 0 Å². The van der Waals surface area contributed by atoms with Crippen LogP contribution in [0.15, 0.2) is 17.0 Å². The van der Waals surface area contributed by atoms with Crippen molar-refractivity contribution in [2.75, 3.05) is 18.5 Å². The van der Waals surface area contributed by atoms with Crippen LogP contribution in [0.2, 0.25) is 0 Å². The van der Waals surface area contributed by atoms with Crippen LogP contribution in [0.4, 0.5) is 5.82 Å². The summed E-state index contributed by atoms with van der Waals surface area (Å²) in [7, 11) is 0. The lowest BCUT2D eigenvalue weighted by Gasteiger charge is -2.40. The van der Waals surface area contributed by atoms with Crippen LogP contribution in [0.1, 0.15) is 19.3 Å². The highest BCUT2D eigenvalue weighted by Gasteiger charge is 2.36. The molecule has 0 unspecified atom stereocenters. The van der Waals surface area contributed by atoms with E-state index < -0.39 is 0 Å². The minimum absolute atomic E-state index is 0.0738. The molecule has 0 amide bonds. The lowest BCUT2D eigenvalue weighted by Crippen LogP contribution is -2.40. The van der Waals surface area contributed by atoms with Gasteiger partial charge < -0.3 is 10.4 Å². The third-order valence-electron chi connectivity index (χ3n) is 3.05. The molecule has 0 aromatic carbocycles. The van der Waals surface area contributed by atoms with Gasteiger partial charge in [0.25, 0.3) is 0 Å². The molecule has 0 radical (unpaired) electrons. The molecule has 2 N–H and O–H groups in total.